The van der Waals surface area contributed by atoms with Crippen molar-refractivity contribution in [2.45, 2.75) is 13.8 Å². The summed E-state index contributed by atoms with van der Waals surface area (Å²) in [5.74, 6) is 0. The quantitative estimate of drug-likeness (QED) is 0.535. The lowest BCUT2D eigenvalue weighted by Gasteiger charge is -2.14. The number of halogens is 1. The topological polar surface area (TPSA) is 40.8 Å². The van der Waals surface area contributed by atoms with Gasteiger partial charge in [-0.05, 0) is 44.2 Å². The van der Waals surface area contributed by atoms with E-state index in [2.05, 4.69) is 38.9 Å². The summed E-state index contributed by atoms with van der Waals surface area (Å²) < 4.78 is 2.15. The van der Waals surface area contributed by atoms with Gasteiger partial charge in [0.2, 0.25) is 0 Å². The summed E-state index contributed by atoms with van der Waals surface area (Å²) in [6.45, 7) is 4.06. The second-order valence-corrected chi connectivity index (χ2v) is 4.82. The first-order valence-electron chi connectivity index (χ1n) is 6.18. The van der Waals surface area contributed by atoms with E-state index in [1.807, 2.05) is 34.0 Å². The molecule has 0 spiro atoms. The number of rotatable bonds is 3. The zero-order chi connectivity index (χ0) is 14.0. The highest BCUT2D eigenvalue weighted by molar-refractivity contribution is 5.85. The van der Waals surface area contributed by atoms with E-state index in [9.17, 15) is 0 Å². The third-order valence-electron chi connectivity index (χ3n) is 3.29. The SMILES string of the molecule is Cc1cc(C=NO)c(C)n1-c1ccc(N(C)C)cc1.Cl. The lowest BCUT2D eigenvalue weighted by molar-refractivity contribution is 0.322. The highest BCUT2D eigenvalue weighted by Crippen LogP contribution is 2.22. The Hall–Kier alpha value is -1.94. The number of hydrogen-bond acceptors (Lipinski definition) is 3. The Morgan fingerprint density at radius 2 is 1.75 bits per heavy atom. The molecule has 0 unspecified atom stereocenters. The molecule has 0 fully saturated rings. The van der Waals surface area contributed by atoms with Crippen molar-refractivity contribution in [3.8, 4) is 5.69 Å². The van der Waals surface area contributed by atoms with Gasteiger partial charge < -0.3 is 14.7 Å². The van der Waals surface area contributed by atoms with E-state index in [0.717, 1.165) is 22.6 Å². The van der Waals surface area contributed by atoms with Crippen LogP contribution in [-0.2, 0) is 0 Å². The molecule has 1 aromatic carbocycles. The minimum Gasteiger partial charge on any atom is -0.411 e. The fraction of sp³-hybridized carbons (Fsp3) is 0.267. The van der Waals surface area contributed by atoms with Gasteiger partial charge in [0, 0.05) is 42.4 Å². The van der Waals surface area contributed by atoms with E-state index < -0.39 is 0 Å². The number of aromatic nitrogens is 1. The van der Waals surface area contributed by atoms with Crippen LogP contribution in [0.15, 0.2) is 35.5 Å². The lowest BCUT2D eigenvalue weighted by atomic mass is 10.2. The van der Waals surface area contributed by atoms with Gasteiger partial charge in [0.1, 0.15) is 0 Å². The molecule has 0 saturated carbocycles. The Kier molecular flexibility index (Phi) is 5.22. The van der Waals surface area contributed by atoms with Crippen LogP contribution in [0.3, 0.4) is 0 Å². The Bertz CT molecular complexity index is 600. The second kappa shape index (κ2) is 6.48. The third-order valence-corrected chi connectivity index (χ3v) is 3.29. The highest BCUT2D eigenvalue weighted by atomic mass is 35.5. The molecule has 0 amide bonds. The Labute approximate surface area is 125 Å². The number of aryl methyl sites for hydroxylation is 1. The summed E-state index contributed by atoms with van der Waals surface area (Å²) in [6, 6.07) is 10.4. The summed E-state index contributed by atoms with van der Waals surface area (Å²) in [7, 11) is 4.05. The van der Waals surface area contributed by atoms with E-state index in [1.165, 1.54) is 11.9 Å². The van der Waals surface area contributed by atoms with E-state index in [-0.39, 0.29) is 12.4 Å². The monoisotopic (exact) mass is 293 g/mol. The van der Waals surface area contributed by atoms with E-state index in [4.69, 9.17) is 5.21 Å². The lowest BCUT2D eigenvalue weighted by Crippen LogP contribution is -2.08. The third kappa shape index (κ3) is 2.96. The number of oxime groups is 1. The Morgan fingerprint density at radius 1 is 1.15 bits per heavy atom. The minimum absolute atomic E-state index is 0. The summed E-state index contributed by atoms with van der Waals surface area (Å²) in [4.78, 5) is 2.07. The predicted octanol–water partition coefficient (Wildman–Crippen LogP) is 3.39. The van der Waals surface area contributed by atoms with Gasteiger partial charge in [-0.15, -0.1) is 12.4 Å². The largest absolute Gasteiger partial charge is 0.411 e. The van der Waals surface area contributed by atoms with Crippen LogP contribution in [0.4, 0.5) is 5.69 Å². The van der Waals surface area contributed by atoms with E-state index >= 15 is 0 Å². The molecule has 2 rings (SSSR count). The summed E-state index contributed by atoms with van der Waals surface area (Å²) >= 11 is 0. The van der Waals surface area contributed by atoms with Crippen molar-refractivity contribution < 1.29 is 5.21 Å². The van der Waals surface area contributed by atoms with Crippen LogP contribution < -0.4 is 4.90 Å². The first kappa shape index (κ1) is 16.1. The van der Waals surface area contributed by atoms with Crippen LogP contribution in [0, 0.1) is 13.8 Å². The van der Waals surface area contributed by atoms with Crippen molar-refractivity contribution in [3.63, 3.8) is 0 Å². The molecule has 0 aliphatic carbocycles. The van der Waals surface area contributed by atoms with Gasteiger partial charge in [-0.3, -0.25) is 0 Å². The van der Waals surface area contributed by atoms with Gasteiger partial charge in [-0.2, -0.15) is 0 Å². The Morgan fingerprint density at radius 3 is 2.25 bits per heavy atom. The molecule has 0 aliphatic heterocycles. The predicted molar refractivity (Wildman–Crippen MR) is 86.2 cm³/mol. The maximum Gasteiger partial charge on any atom is 0.0752 e. The van der Waals surface area contributed by atoms with Crippen molar-refractivity contribution in [2.24, 2.45) is 5.16 Å². The zero-order valence-corrected chi connectivity index (χ0v) is 13.0. The normalized spacial score (nSPS) is 10.6. The van der Waals surface area contributed by atoms with Gasteiger partial charge in [0.05, 0.1) is 6.21 Å². The number of anilines is 1. The average molecular weight is 294 g/mol. The zero-order valence-electron chi connectivity index (χ0n) is 12.2. The van der Waals surface area contributed by atoms with Crippen molar-refractivity contribution in [1.29, 1.82) is 0 Å². The van der Waals surface area contributed by atoms with Gasteiger partial charge in [0.15, 0.2) is 0 Å². The fourth-order valence-electron chi connectivity index (χ4n) is 2.28. The molecule has 0 saturated heterocycles. The standard InChI is InChI=1S/C15H19N3O.ClH/c1-11-9-13(10-16-19)12(2)18(11)15-7-5-14(6-8-15)17(3)4;/h5-10,19H,1-4H3;1H. The van der Waals surface area contributed by atoms with Crippen molar-refractivity contribution in [3.05, 3.63) is 47.3 Å². The Balaban J connectivity index is 0.00000200. The molecular formula is C15H20ClN3O. The number of benzene rings is 1. The average Bonchev–Trinajstić information content (AvgIpc) is 2.65. The maximum absolute atomic E-state index is 8.67. The summed E-state index contributed by atoms with van der Waals surface area (Å²) in [5.41, 5.74) is 5.39. The molecule has 1 N–H and O–H groups in total. The van der Waals surface area contributed by atoms with Crippen LogP contribution in [-0.4, -0.2) is 30.1 Å². The number of nitrogens with zero attached hydrogens (tertiary/aromatic N) is 3. The maximum atomic E-state index is 8.67. The molecule has 2 aromatic rings. The summed E-state index contributed by atoms with van der Waals surface area (Å²) in [5, 5.41) is 11.8. The molecular weight excluding hydrogens is 274 g/mol. The molecule has 5 heteroatoms. The van der Waals surface area contributed by atoms with Gasteiger partial charge in [-0.25, -0.2) is 0 Å². The van der Waals surface area contributed by atoms with E-state index in [0.29, 0.717) is 0 Å². The van der Waals surface area contributed by atoms with E-state index in [1.54, 1.807) is 0 Å². The van der Waals surface area contributed by atoms with Crippen LogP contribution in [0.25, 0.3) is 5.69 Å². The van der Waals surface area contributed by atoms with Crippen molar-refractivity contribution in [1.82, 2.24) is 4.57 Å². The van der Waals surface area contributed by atoms with Crippen molar-refractivity contribution in [2.75, 3.05) is 19.0 Å². The highest BCUT2D eigenvalue weighted by Gasteiger charge is 2.09. The van der Waals surface area contributed by atoms with Gasteiger partial charge in [-0.1, -0.05) is 5.16 Å². The van der Waals surface area contributed by atoms with Crippen molar-refractivity contribution >= 4 is 24.3 Å². The molecule has 108 valence electrons. The molecule has 0 atom stereocenters. The fourth-order valence-corrected chi connectivity index (χ4v) is 2.28. The van der Waals surface area contributed by atoms with Crippen LogP contribution in [0.5, 0.6) is 0 Å². The molecule has 1 heterocycles. The first-order valence-corrected chi connectivity index (χ1v) is 6.18. The minimum atomic E-state index is 0. The molecule has 1 aromatic heterocycles. The van der Waals surface area contributed by atoms with Crippen LogP contribution in [0.1, 0.15) is 17.0 Å². The first-order chi connectivity index (χ1) is 9.04. The van der Waals surface area contributed by atoms with Crippen LogP contribution in [0.2, 0.25) is 0 Å². The molecule has 0 radical (unpaired) electrons. The second-order valence-electron chi connectivity index (χ2n) is 4.82. The van der Waals surface area contributed by atoms with Crippen LogP contribution >= 0.6 is 12.4 Å². The summed E-state index contributed by atoms with van der Waals surface area (Å²) in [6.07, 6.45) is 1.47. The molecule has 0 aliphatic rings. The smallest absolute Gasteiger partial charge is 0.0752 e. The molecule has 20 heavy (non-hydrogen) atoms. The number of hydrogen-bond donors (Lipinski definition) is 1. The molecule has 0 bridgehead atoms. The van der Waals surface area contributed by atoms with Gasteiger partial charge >= 0.3 is 0 Å². The van der Waals surface area contributed by atoms with Gasteiger partial charge in [0.25, 0.3) is 0 Å². The molecule has 4 nitrogen and oxygen atoms in total.